The Morgan fingerprint density at radius 3 is 2.44 bits per heavy atom. The van der Waals surface area contributed by atoms with Crippen molar-refractivity contribution in [2.24, 2.45) is 0 Å². The average molecular weight is 394 g/mol. The number of anilines is 1. The molecule has 2 amide bonds. The predicted octanol–water partition coefficient (Wildman–Crippen LogP) is 6.11. The number of para-hydroxylation sites is 1. The van der Waals surface area contributed by atoms with Crippen LogP contribution in [0.1, 0.15) is 41.8 Å². The number of alkyl halides is 3. The van der Waals surface area contributed by atoms with Gasteiger partial charge in [0.25, 0.3) is 0 Å². The number of halogens is 3. The number of nitrogens with one attached hydrogen (secondary N) is 1. The van der Waals surface area contributed by atoms with Crippen molar-refractivity contribution in [2.75, 3.05) is 17.6 Å². The molecule has 7 heteroatoms. The molecule has 2 aromatic carbocycles. The van der Waals surface area contributed by atoms with Crippen LogP contribution in [0.25, 0.3) is 0 Å². The molecule has 1 aliphatic rings. The monoisotopic (exact) mass is 394 g/mol. The summed E-state index contributed by atoms with van der Waals surface area (Å²) >= 11 is 1.61. The van der Waals surface area contributed by atoms with E-state index in [-0.39, 0.29) is 11.1 Å². The highest BCUT2D eigenvalue weighted by Crippen LogP contribution is 2.39. The fraction of sp³-hybridized carbons (Fsp3) is 0.350. The number of urea groups is 1. The second-order valence-corrected chi connectivity index (χ2v) is 7.90. The van der Waals surface area contributed by atoms with Gasteiger partial charge < -0.3 is 10.2 Å². The summed E-state index contributed by atoms with van der Waals surface area (Å²) in [5.74, 6) is 1.15. The predicted molar refractivity (Wildman–Crippen MR) is 103 cm³/mol. The lowest BCUT2D eigenvalue weighted by Gasteiger charge is -2.25. The molecule has 2 aromatic rings. The van der Waals surface area contributed by atoms with E-state index in [9.17, 15) is 18.0 Å². The van der Waals surface area contributed by atoms with Crippen molar-refractivity contribution >= 4 is 23.5 Å². The van der Waals surface area contributed by atoms with Crippen LogP contribution in [0, 0.1) is 0 Å². The van der Waals surface area contributed by atoms with Gasteiger partial charge in [-0.05, 0) is 29.2 Å². The van der Waals surface area contributed by atoms with Gasteiger partial charge in [-0.25, -0.2) is 4.79 Å². The molecule has 1 saturated heterocycles. The number of amides is 2. The van der Waals surface area contributed by atoms with E-state index in [1.54, 1.807) is 16.7 Å². The van der Waals surface area contributed by atoms with E-state index < -0.39 is 17.8 Å². The van der Waals surface area contributed by atoms with Gasteiger partial charge in [-0.1, -0.05) is 50.2 Å². The molecule has 1 heterocycles. The summed E-state index contributed by atoms with van der Waals surface area (Å²) in [6, 6.07) is 12.6. The molecule has 0 radical (unpaired) electrons. The topological polar surface area (TPSA) is 32.3 Å². The summed E-state index contributed by atoms with van der Waals surface area (Å²) in [6.07, 6.45) is -4.52. The van der Waals surface area contributed by atoms with E-state index in [4.69, 9.17) is 0 Å². The molecule has 0 bridgehead atoms. The largest absolute Gasteiger partial charge is 0.418 e. The van der Waals surface area contributed by atoms with Gasteiger partial charge in [0.1, 0.15) is 5.37 Å². The Morgan fingerprint density at radius 2 is 1.81 bits per heavy atom. The van der Waals surface area contributed by atoms with Gasteiger partial charge in [0.2, 0.25) is 0 Å². The van der Waals surface area contributed by atoms with E-state index >= 15 is 0 Å². The third kappa shape index (κ3) is 4.40. The van der Waals surface area contributed by atoms with Crippen LogP contribution >= 0.6 is 11.8 Å². The first-order valence-electron chi connectivity index (χ1n) is 8.72. The molecule has 3 nitrogen and oxygen atoms in total. The second-order valence-electron chi connectivity index (χ2n) is 6.71. The lowest BCUT2D eigenvalue weighted by atomic mass is 10.0. The number of carbonyl (C=O) groups excluding carboxylic acids is 1. The number of rotatable bonds is 3. The number of carbonyl (C=O) groups is 1. The average Bonchev–Trinajstić information content (AvgIpc) is 3.11. The zero-order valence-corrected chi connectivity index (χ0v) is 15.9. The molecule has 27 heavy (non-hydrogen) atoms. The van der Waals surface area contributed by atoms with E-state index in [2.05, 4.69) is 19.2 Å². The first-order chi connectivity index (χ1) is 12.8. The van der Waals surface area contributed by atoms with Crippen molar-refractivity contribution < 1.29 is 18.0 Å². The molecule has 0 spiro atoms. The van der Waals surface area contributed by atoms with Crippen LogP contribution in [-0.2, 0) is 6.18 Å². The summed E-state index contributed by atoms with van der Waals surface area (Å²) in [5.41, 5.74) is 1.11. The van der Waals surface area contributed by atoms with Crippen LogP contribution < -0.4 is 5.32 Å². The van der Waals surface area contributed by atoms with Crippen molar-refractivity contribution in [3.05, 3.63) is 65.2 Å². The maximum atomic E-state index is 13.2. The summed E-state index contributed by atoms with van der Waals surface area (Å²) < 4.78 is 39.5. The van der Waals surface area contributed by atoms with Crippen LogP contribution in [0.5, 0.6) is 0 Å². The van der Waals surface area contributed by atoms with Crippen molar-refractivity contribution in [3.63, 3.8) is 0 Å². The SMILES string of the molecule is CC(C)c1ccc([C@@H]2SCCN2C(=O)Nc2ccccc2C(F)(F)F)cc1. The second kappa shape index (κ2) is 7.84. The fourth-order valence-electron chi connectivity index (χ4n) is 3.03. The first kappa shape index (κ1) is 19.6. The quantitative estimate of drug-likeness (QED) is 0.681. The van der Waals surface area contributed by atoms with Crippen LogP contribution in [0.3, 0.4) is 0 Å². The molecule has 0 unspecified atom stereocenters. The molecule has 1 atom stereocenters. The number of benzene rings is 2. The maximum absolute atomic E-state index is 13.2. The van der Waals surface area contributed by atoms with Gasteiger partial charge >= 0.3 is 12.2 Å². The van der Waals surface area contributed by atoms with Gasteiger partial charge in [-0.2, -0.15) is 13.2 Å². The molecule has 0 aliphatic carbocycles. The van der Waals surface area contributed by atoms with Gasteiger partial charge in [0.05, 0.1) is 11.3 Å². The van der Waals surface area contributed by atoms with Gasteiger partial charge in [0, 0.05) is 12.3 Å². The standard InChI is InChI=1S/C20H21F3N2OS/c1-13(2)14-7-9-15(10-8-14)18-25(11-12-27-18)19(26)24-17-6-4-3-5-16(17)20(21,22)23/h3-10,13,18H,11-12H2,1-2H3,(H,24,26)/t18-/m0/s1. The van der Waals surface area contributed by atoms with Crippen molar-refractivity contribution in [3.8, 4) is 0 Å². The molecule has 3 rings (SSSR count). The summed E-state index contributed by atoms with van der Waals surface area (Å²) in [4.78, 5) is 14.3. The minimum absolute atomic E-state index is 0.204. The maximum Gasteiger partial charge on any atom is 0.418 e. The third-order valence-corrected chi connectivity index (χ3v) is 5.77. The van der Waals surface area contributed by atoms with Crippen molar-refractivity contribution in [1.82, 2.24) is 4.90 Å². The Balaban J connectivity index is 1.79. The Bertz CT molecular complexity index is 806. The van der Waals surface area contributed by atoms with Crippen LogP contribution in [0.4, 0.5) is 23.7 Å². The molecule has 144 valence electrons. The van der Waals surface area contributed by atoms with Crippen LogP contribution in [0.15, 0.2) is 48.5 Å². The summed E-state index contributed by atoms with van der Waals surface area (Å²) in [7, 11) is 0. The Kier molecular flexibility index (Phi) is 5.69. The third-order valence-electron chi connectivity index (χ3n) is 4.51. The first-order valence-corrected chi connectivity index (χ1v) is 9.77. The molecule has 1 N–H and O–H groups in total. The normalized spacial score (nSPS) is 17.4. The smallest absolute Gasteiger partial charge is 0.308 e. The minimum Gasteiger partial charge on any atom is -0.308 e. The molecule has 0 aromatic heterocycles. The van der Waals surface area contributed by atoms with Gasteiger partial charge in [-0.15, -0.1) is 11.8 Å². The highest BCUT2D eigenvalue weighted by molar-refractivity contribution is 7.99. The van der Waals surface area contributed by atoms with Gasteiger partial charge in [0.15, 0.2) is 0 Å². The molecule has 0 saturated carbocycles. The highest BCUT2D eigenvalue weighted by atomic mass is 32.2. The van der Waals surface area contributed by atoms with Crippen molar-refractivity contribution in [1.29, 1.82) is 0 Å². The van der Waals surface area contributed by atoms with E-state index in [1.807, 2.05) is 24.3 Å². The van der Waals surface area contributed by atoms with Gasteiger partial charge in [-0.3, -0.25) is 0 Å². The lowest BCUT2D eigenvalue weighted by Crippen LogP contribution is -2.34. The van der Waals surface area contributed by atoms with E-state index in [0.29, 0.717) is 12.5 Å². The number of hydrogen-bond acceptors (Lipinski definition) is 2. The molecule has 1 aliphatic heterocycles. The van der Waals surface area contributed by atoms with E-state index in [0.717, 1.165) is 17.4 Å². The Labute approximate surface area is 160 Å². The van der Waals surface area contributed by atoms with Crippen molar-refractivity contribution in [2.45, 2.75) is 31.3 Å². The minimum atomic E-state index is -4.52. The van der Waals surface area contributed by atoms with Crippen LogP contribution in [0.2, 0.25) is 0 Å². The Hall–Kier alpha value is -2.15. The number of thioether (sulfide) groups is 1. The molecular weight excluding hydrogens is 373 g/mol. The fourth-order valence-corrected chi connectivity index (χ4v) is 4.28. The lowest BCUT2D eigenvalue weighted by molar-refractivity contribution is -0.136. The highest BCUT2D eigenvalue weighted by Gasteiger charge is 2.35. The summed E-state index contributed by atoms with van der Waals surface area (Å²) in [6.45, 7) is 4.70. The van der Waals surface area contributed by atoms with E-state index in [1.165, 1.54) is 23.8 Å². The zero-order valence-electron chi connectivity index (χ0n) is 15.1. The number of hydrogen-bond donors (Lipinski definition) is 1. The number of nitrogens with zero attached hydrogens (tertiary/aromatic N) is 1. The molecule has 1 fully saturated rings. The zero-order chi connectivity index (χ0) is 19.6. The molecular formula is C20H21F3N2OS. The Morgan fingerprint density at radius 1 is 1.15 bits per heavy atom. The summed E-state index contributed by atoms with van der Waals surface area (Å²) in [5, 5.41) is 2.24. The van der Waals surface area contributed by atoms with Crippen LogP contribution in [-0.4, -0.2) is 23.2 Å².